The summed E-state index contributed by atoms with van der Waals surface area (Å²) in [4.78, 5) is 6.65. The number of aliphatic hydroxyl groups excluding tert-OH is 1. The summed E-state index contributed by atoms with van der Waals surface area (Å²) in [5.74, 6) is 0. The van der Waals surface area contributed by atoms with E-state index in [1.165, 1.54) is 10.9 Å². The van der Waals surface area contributed by atoms with E-state index in [-0.39, 0.29) is 6.61 Å². The van der Waals surface area contributed by atoms with Crippen molar-refractivity contribution in [2.45, 2.75) is 13.0 Å². The molecule has 0 amide bonds. The van der Waals surface area contributed by atoms with Gasteiger partial charge in [-0.1, -0.05) is 24.3 Å². The van der Waals surface area contributed by atoms with E-state index >= 15 is 0 Å². The van der Waals surface area contributed by atoms with Crippen LogP contribution in [0, 0.1) is 0 Å². The van der Waals surface area contributed by atoms with Gasteiger partial charge in [-0.05, 0) is 25.1 Å². The lowest BCUT2D eigenvalue weighted by atomic mass is 10.1. The molecule has 3 nitrogen and oxygen atoms in total. The van der Waals surface area contributed by atoms with Gasteiger partial charge in [-0.3, -0.25) is 4.98 Å². The first-order chi connectivity index (χ1) is 8.31. The minimum absolute atomic E-state index is 0.248. The van der Waals surface area contributed by atoms with Gasteiger partial charge in [0.15, 0.2) is 0 Å². The summed E-state index contributed by atoms with van der Waals surface area (Å²) in [6.45, 7) is 2.02. The average Bonchev–Trinajstić information content (AvgIpc) is 2.37. The molecule has 1 N–H and O–H groups in total. The van der Waals surface area contributed by atoms with Crippen molar-refractivity contribution in [3.05, 3.63) is 42.1 Å². The standard InChI is InChI=1S/C14H18N2O/c1-16(9-4-10-17)11-13-6-2-5-12-7-3-8-15-14(12)13/h2-3,5-8,17H,4,9-11H2,1H3. The quantitative estimate of drug-likeness (QED) is 0.854. The molecule has 1 aromatic carbocycles. The number of rotatable bonds is 5. The number of hydrogen-bond acceptors (Lipinski definition) is 3. The molecular weight excluding hydrogens is 212 g/mol. The minimum Gasteiger partial charge on any atom is -0.396 e. The second-order valence-corrected chi connectivity index (χ2v) is 4.31. The van der Waals surface area contributed by atoms with Crippen LogP contribution in [0.15, 0.2) is 36.5 Å². The maximum atomic E-state index is 8.81. The zero-order valence-corrected chi connectivity index (χ0v) is 10.1. The zero-order valence-electron chi connectivity index (χ0n) is 10.1. The fourth-order valence-corrected chi connectivity index (χ4v) is 2.01. The fraction of sp³-hybridized carbons (Fsp3) is 0.357. The number of fused-ring (bicyclic) bond motifs is 1. The molecule has 0 spiro atoms. The van der Waals surface area contributed by atoms with Crippen molar-refractivity contribution >= 4 is 10.9 Å². The highest BCUT2D eigenvalue weighted by Crippen LogP contribution is 2.17. The number of hydrogen-bond donors (Lipinski definition) is 1. The van der Waals surface area contributed by atoms with Crippen LogP contribution in [-0.2, 0) is 6.54 Å². The Labute approximate surface area is 102 Å². The van der Waals surface area contributed by atoms with E-state index < -0.39 is 0 Å². The highest BCUT2D eigenvalue weighted by molar-refractivity contribution is 5.81. The molecule has 0 atom stereocenters. The van der Waals surface area contributed by atoms with Gasteiger partial charge in [0.2, 0.25) is 0 Å². The predicted molar refractivity (Wildman–Crippen MR) is 69.8 cm³/mol. The van der Waals surface area contributed by atoms with Crippen LogP contribution in [0.1, 0.15) is 12.0 Å². The summed E-state index contributed by atoms with van der Waals surface area (Å²) in [7, 11) is 2.07. The molecule has 1 heterocycles. The highest BCUT2D eigenvalue weighted by Gasteiger charge is 2.04. The van der Waals surface area contributed by atoms with E-state index in [1.807, 2.05) is 12.3 Å². The largest absolute Gasteiger partial charge is 0.396 e. The first kappa shape index (κ1) is 12.0. The summed E-state index contributed by atoms with van der Waals surface area (Å²) < 4.78 is 0. The van der Waals surface area contributed by atoms with E-state index in [1.54, 1.807) is 0 Å². The molecule has 1 aromatic heterocycles. The lowest BCUT2D eigenvalue weighted by molar-refractivity contribution is 0.244. The smallest absolute Gasteiger partial charge is 0.0746 e. The summed E-state index contributed by atoms with van der Waals surface area (Å²) in [6.07, 6.45) is 2.65. The van der Waals surface area contributed by atoms with Gasteiger partial charge in [-0.25, -0.2) is 0 Å². The molecule has 2 rings (SSSR count). The first-order valence-corrected chi connectivity index (χ1v) is 5.93. The van der Waals surface area contributed by atoms with Crippen LogP contribution < -0.4 is 0 Å². The van der Waals surface area contributed by atoms with Gasteiger partial charge in [-0.2, -0.15) is 0 Å². The number of aliphatic hydroxyl groups is 1. The van der Waals surface area contributed by atoms with Crippen molar-refractivity contribution in [1.82, 2.24) is 9.88 Å². The van der Waals surface area contributed by atoms with Crippen molar-refractivity contribution in [3.63, 3.8) is 0 Å². The predicted octanol–water partition coefficient (Wildman–Crippen LogP) is 2.05. The number of nitrogens with zero attached hydrogens (tertiary/aromatic N) is 2. The Kier molecular flexibility index (Phi) is 4.07. The summed E-state index contributed by atoms with van der Waals surface area (Å²) in [5.41, 5.74) is 2.31. The normalized spacial score (nSPS) is 11.2. The van der Waals surface area contributed by atoms with Crippen molar-refractivity contribution < 1.29 is 5.11 Å². The van der Waals surface area contributed by atoms with Crippen LogP contribution in [0.2, 0.25) is 0 Å². The van der Waals surface area contributed by atoms with E-state index in [2.05, 4.69) is 41.2 Å². The Morgan fingerprint density at radius 1 is 1.24 bits per heavy atom. The van der Waals surface area contributed by atoms with Crippen molar-refractivity contribution in [2.24, 2.45) is 0 Å². The van der Waals surface area contributed by atoms with E-state index in [4.69, 9.17) is 5.11 Å². The van der Waals surface area contributed by atoms with Gasteiger partial charge in [0.25, 0.3) is 0 Å². The molecule has 0 saturated heterocycles. The number of aromatic nitrogens is 1. The lowest BCUT2D eigenvalue weighted by Crippen LogP contribution is -2.20. The summed E-state index contributed by atoms with van der Waals surface area (Å²) in [6, 6.07) is 10.3. The number of benzene rings is 1. The van der Waals surface area contributed by atoms with Gasteiger partial charge in [0.05, 0.1) is 5.52 Å². The third-order valence-electron chi connectivity index (χ3n) is 2.85. The van der Waals surface area contributed by atoms with Gasteiger partial charge >= 0.3 is 0 Å². The SMILES string of the molecule is CN(CCCO)Cc1cccc2cccnc12. The van der Waals surface area contributed by atoms with Crippen LogP contribution in [0.4, 0.5) is 0 Å². The Bertz CT molecular complexity index is 479. The van der Waals surface area contributed by atoms with Crippen molar-refractivity contribution in [2.75, 3.05) is 20.2 Å². The monoisotopic (exact) mass is 230 g/mol. The summed E-state index contributed by atoms with van der Waals surface area (Å²) >= 11 is 0. The van der Waals surface area contributed by atoms with E-state index in [0.717, 1.165) is 25.0 Å². The van der Waals surface area contributed by atoms with Crippen molar-refractivity contribution in [3.8, 4) is 0 Å². The number of para-hydroxylation sites is 1. The highest BCUT2D eigenvalue weighted by atomic mass is 16.3. The molecule has 17 heavy (non-hydrogen) atoms. The van der Waals surface area contributed by atoms with Gasteiger partial charge in [0.1, 0.15) is 0 Å². The Morgan fingerprint density at radius 2 is 2.06 bits per heavy atom. The molecule has 0 radical (unpaired) electrons. The molecule has 2 aromatic rings. The Morgan fingerprint density at radius 3 is 2.88 bits per heavy atom. The summed E-state index contributed by atoms with van der Waals surface area (Å²) in [5, 5.41) is 10.00. The van der Waals surface area contributed by atoms with Crippen LogP contribution in [0.25, 0.3) is 10.9 Å². The van der Waals surface area contributed by atoms with E-state index in [0.29, 0.717) is 0 Å². The van der Waals surface area contributed by atoms with Crippen LogP contribution in [-0.4, -0.2) is 35.2 Å². The second-order valence-electron chi connectivity index (χ2n) is 4.31. The van der Waals surface area contributed by atoms with E-state index in [9.17, 15) is 0 Å². The second kappa shape index (κ2) is 5.75. The molecule has 0 bridgehead atoms. The third kappa shape index (κ3) is 3.02. The third-order valence-corrected chi connectivity index (χ3v) is 2.85. The molecular formula is C14H18N2O. The molecule has 0 aliphatic heterocycles. The van der Waals surface area contributed by atoms with Gasteiger partial charge in [-0.15, -0.1) is 0 Å². The molecule has 0 unspecified atom stereocenters. The topological polar surface area (TPSA) is 36.4 Å². The van der Waals surface area contributed by atoms with Crippen LogP contribution in [0.3, 0.4) is 0 Å². The zero-order chi connectivity index (χ0) is 12.1. The molecule has 0 saturated carbocycles. The maximum Gasteiger partial charge on any atom is 0.0746 e. The number of pyridine rings is 1. The first-order valence-electron chi connectivity index (χ1n) is 5.93. The Hall–Kier alpha value is -1.45. The molecule has 0 fully saturated rings. The molecule has 90 valence electrons. The van der Waals surface area contributed by atoms with Crippen molar-refractivity contribution in [1.29, 1.82) is 0 Å². The molecule has 3 heteroatoms. The molecule has 0 aliphatic carbocycles. The maximum absolute atomic E-state index is 8.81. The lowest BCUT2D eigenvalue weighted by Gasteiger charge is -2.16. The molecule has 0 aliphatic rings. The van der Waals surface area contributed by atoms with Gasteiger partial charge in [0, 0.05) is 31.3 Å². The Balaban J connectivity index is 2.18. The fourth-order valence-electron chi connectivity index (χ4n) is 2.01. The van der Waals surface area contributed by atoms with Crippen LogP contribution in [0.5, 0.6) is 0 Å². The minimum atomic E-state index is 0.248. The van der Waals surface area contributed by atoms with Gasteiger partial charge < -0.3 is 10.0 Å². The average molecular weight is 230 g/mol. The van der Waals surface area contributed by atoms with Crippen LogP contribution >= 0.6 is 0 Å².